The Kier molecular flexibility index (Phi) is 5.84. The number of carbonyl (C=O) groups excluding carboxylic acids is 2. The second kappa shape index (κ2) is 8.43. The first-order valence-corrected chi connectivity index (χ1v) is 13.0. The fourth-order valence-corrected chi connectivity index (χ4v) is 8.62. The molecule has 0 aliphatic heterocycles. The second-order valence-electron chi connectivity index (χ2n) is 11.2. The minimum Gasteiger partial charge on any atom is -0.462 e. The Bertz CT molecular complexity index is 703. The number of rotatable bonds is 5. The second-order valence-corrected chi connectivity index (χ2v) is 11.2. The van der Waals surface area contributed by atoms with Gasteiger partial charge in [0.15, 0.2) is 5.78 Å². The summed E-state index contributed by atoms with van der Waals surface area (Å²) < 4.78 is 6.24. The summed E-state index contributed by atoms with van der Waals surface area (Å²) in [4.78, 5) is 24.6. The maximum Gasteiger partial charge on any atom is 0.306 e. The van der Waals surface area contributed by atoms with Gasteiger partial charge in [0.1, 0.15) is 6.10 Å². The Labute approximate surface area is 182 Å². The van der Waals surface area contributed by atoms with Crippen molar-refractivity contribution in [3.8, 4) is 0 Å². The highest BCUT2D eigenvalue weighted by Crippen LogP contribution is 2.63. The van der Waals surface area contributed by atoms with Gasteiger partial charge in [0.25, 0.3) is 0 Å². The molecule has 0 aromatic carbocycles. The molecule has 0 radical (unpaired) electrons. The van der Waals surface area contributed by atoms with Crippen LogP contribution in [-0.2, 0) is 14.3 Å². The lowest BCUT2D eigenvalue weighted by Gasteiger charge is -2.54. The maximum absolute atomic E-state index is 12.7. The number of fused-ring (bicyclic) bond motifs is 5. The zero-order valence-corrected chi connectivity index (χ0v) is 18.9. The molecule has 30 heavy (non-hydrogen) atoms. The Morgan fingerprint density at radius 2 is 1.87 bits per heavy atom. The highest BCUT2D eigenvalue weighted by atomic mass is 16.5. The molecule has 3 heteroatoms. The number of ketones is 1. The van der Waals surface area contributed by atoms with E-state index in [4.69, 9.17) is 4.74 Å². The molecule has 0 unspecified atom stereocenters. The number of ether oxygens (including phenoxy) is 1. The first kappa shape index (κ1) is 20.8. The molecular weight excluding hydrogens is 372 g/mol. The van der Waals surface area contributed by atoms with Crippen LogP contribution in [0, 0.1) is 35.0 Å². The molecule has 4 fully saturated rings. The molecule has 5 aliphatic rings. The molecule has 0 aromatic heterocycles. The van der Waals surface area contributed by atoms with Crippen molar-refractivity contribution < 1.29 is 14.3 Å². The molecule has 6 atom stereocenters. The largest absolute Gasteiger partial charge is 0.462 e. The van der Waals surface area contributed by atoms with Crippen LogP contribution >= 0.6 is 0 Å². The highest BCUT2D eigenvalue weighted by Gasteiger charge is 2.58. The quantitative estimate of drug-likeness (QED) is 0.491. The molecule has 0 N–H and O–H groups in total. The molecule has 5 aliphatic carbocycles. The van der Waals surface area contributed by atoms with Gasteiger partial charge in [-0.3, -0.25) is 9.59 Å². The van der Waals surface area contributed by atoms with Crippen molar-refractivity contribution in [3.05, 3.63) is 11.6 Å². The van der Waals surface area contributed by atoms with Gasteiger partial charge in [-0.05, 0) is 93.5 Å². The van der Waals surface area contributed by atoms with E-state index >= 15 is 0 Å². The van der Waals surface area contributed by atoms with Crippen molar-refractivity contribution in [1.82, 2.24) is 0 Å². The van der Waals surface area contributed by atoms with E-state index in [9.17, 15) is 9.59 Å². The van der Waals surface area contributed by atoms with Crippen LogP contribution in [0.2, 0.25) is 0 Å². The number of carbonyl (C=O) groups is 2. The first-order chi connectivity index (χ1) is 14.6. The summed E-state index contributed by atoms with van der Waals surface area (Å²) in [6.45, 7) is 2.34. The van der Waals surface area contributed by atoms with Crippen LogP contribution in [0.3, 0.4) is 0 Å². The number of esters is 1. The van der Waals surface area contributed by atoms with Gasteiger partial charge in [0.2, 0.25) is 0 Å². The van der Waals surface area contributed by atoms with Gasteiger partial charge in [0.05, 0.1) is 0 Å². The van der Waals surface area contributed by atoms with Crippen molar-refractivity contribution in [2.24, 2.45) is 35.0 Å². The number of allylic oxidation sites excluding steroid dienone is 1. The van der Waals surface area contributed by atoms with Crippen LogP contribution in [0.15, 0.2) is 11.6 Å². The molecule has 0 saturated heterocycles. The lowest BCUT2D eigenvalue weighted by atomic mass is 9.51. The van der Waals surface area contributed by atoms with E-state index in [1.807, 2.05) is 6.08 Å². The van der Waals surface area contributed by atoms with Gasteiger partial charge in [-0.2, -0.15) is 0 Å². The average Bonchev–Trinajstić information content (AvgIpc) is 3.40. The van der Waals surface area contributed by atoms with Crippen LogP contribution < -0.4 is 0 Å². The van der Waals surface area contributed by atoms with Crippen LogP contribution in [-0.4, -0.2) is 17.9 Å². The summed E-state index contributed by atoms with van der Waals surface area (Å²) in [5.41, 5.74) is 1.68. The van der Waals surface area contributed by atoms with E-state index in [2.05, 4.69) is 6.92 Å². The fraction of sp³-hybridized carbons (Fsp3) is 0.852. The van der Waals surface area contributed by atoms with Crippen molar-refractivity contribution in [2.75, 3.05) is 0 Å². The average molecular weight is 413 g/mol. The van der Waals surface area contributed by atoms with Crippen molar-refractivity contribution >= 4 is 11.8 Å². The van der Waals surface area contributed by atoms with Crippen molar-refractivity contribution in [3.63, 3.8) is 0 Å². The molecular formula is C27H40O3. The van der Waals surface area contributed by atoms with E-state index in [1.54, 1.807) is 0 Å². The van der Waals surface area contributed by atoms with Gasteiger partial charge >= 0.3 is 5.97 Å². The van der Waals surface area contributed by atoms with Gasteiger partial charge in [0, 0.05) is 18.3 Å². The van der Waals surface area contributed by atoms with Crippen molar-refractivity contribution in [1.29, 1.82) is 0 Å². The van der Waals surface area contributed by atoms with Crippen LogP contribution in [0.25, 0.3) is 0 Å². The van der Waals surface area contributed by atoms with E-state index in [0.29, 0.717) is 24.0 Å². The highest BCUT2D eigenvalue weighted by molar-refractivity contribution is 5.91. The Balaban J connectivity index is 1.26. The lowest BCUT2D eigenvalue weighted by Crippen LogP contribution is -2.49. The van der Waals surface area contributed by atoms with Crippen LogP contribution in [0.5, 0.6) is 0 Å². The normalized spacial score (nSPS) is 41.0. The predicted molar refractivity (Wildman–Crippen MR) is 118 cm³/mol. The van der Waals surface area contributed by atoms with Crippen molar-refractivity contribution in [2.45, 2.75) is 109 Å². The Morgan fingerprint density at radius 1 is 1.03 bits per heavy atom. The minimum absolute atomic E-state index is 0.0714. The minimum atomic E-state index is 0.0714. The summed E-state index contributed by atoms with van der Waals surface area (Å²) in [5, 5.41) is 0. The van der Waals surface area contributed by atoms with E-state index < -0.39 is 0 Å². The van der Waals surface area contributed by atoms with Crippen LogP contribution in [0.4, 0.5) is 0 Å². The van der Waals surface area contributed by atoms with Gasteiger partial charge < -0.3 is 4.74 Å². The third-order valence-electron chi connectivity index (χ3n) is 10.1. The van der Waals surface area contributed by atoms with E-state index in [1.165, 1.54) is 56.9 Å². The fourth-order valence-electron chi connectivity index (χ4n) is 8.62. The monoisotopic (exact) mass is 412 g/mol. The summed E-state index contributed by atoms with van der Waals surface area (Å²) in [6, 6.07) is 0. The summed E-state index contributed by atoms with van der Waals surface area (Å²) in [6.07, 6.45) is 19.3. The van der Waals surface area contributed by atoms with Gasteiger partial charge in [-0.1, -0.05) is 38.2 Å². The molecule has 4 saturated carbocycles. The standard InChI is InChI=1S/C27H40O3/c1-2-27-16-15-22-21-11-9-20(28)17-19(21)8-10-23(22)24(27)12-13-25(27)30-26(29)14-7-18-5-3-4-6-18/h17-18,21-25H,2-16H2,1H3/t21-,22+,23+,24-,25-,27-/m0/s1. The van der Waals surface area contributed by atoms with E-state index in [-0.39, 0.29) is 17.5 Å². The third-order valence-corrected chi connectivity index (χ3v) is 10.1. The zero-order valence-electron chi connectivity index (χ0n) is 18.9. The van der Waals surface area contributed by atoms with Crippen LogP contribution in [0.1, 0.15) is 103 Å². The van der Waals surface area contributed by atoms with E-state index in [0.717, 1.165) is 56.3 Å². The van der Waals surface area contributed by atoms with Gasteiger partial charge in [-0.25, -0.2) is 0 Å². The summed E-state index contributed by atoms with van der Waals surface area (Å²) in [7, 11) is 0. The molecule has 0 amide bonds. The molecule has 0 aromatic rings. The molecule has 0 spiro atoms. The zero-order chi connectivity index (χ0) is 20.7. The smallest absolute Gasteiger partial charge is 0.306 e. The molecule has 5 rings (SSSR count). The Hall–Kier alpha value is -1.12. The summed E-state index contributed by atoms with van der Waals surface area (Å²) in [5.74, 6) is 4.09. The molecule has 0 bridgehead atoms. The summed E-state index contributed by atoms with van der Waals surface area (Å²) >= 11 is 0. The maximum atomic E-state index is 12.7. The predicted octanol–water partition coefficient (Wildman–Crippen LogP) is 6.40. The number of hydrogen-bond acceptors (Lipinski definition) is 3. The molecule has 3 nitrogen and oxygen atoms in total. The first-order valence-electron chi connectivity index (χ1n) is 13.0. The number of hydrogen-bond donors (Lipinski definition) is 0. The van der Waals surface area contributed by atoms with Gasteiger partial charge in [-0.15, -0.1) is 0 Å². The molecule has 0 heterocycles. The SMILES string of the molecule is CC[C@]12CC[C@H]3[C@@H](CCC4=CC(=O)CC[C@@H]43)[C@@H]1CC[C@@H]2OC(=O)CCC1CCCC1. The molecule has 166 valence electrons. The Morgan fingerprint density at radius 3 is 2.67 bits per heavy atom. The lowest BCUT2D eigenvalue weighted by molar-refractivity contribution is -0.161. The topological polar surface area (TPSA) is 43.4 Å². The third kappa shape index (κ3) is 3.58.